The molecule has 28 heavy (non-hydrogen) atoms. The van der Waals surface area contributed by atoms with Crippen LogP contribution in [0.15, 0.2) is 58.1 Å². The number of oxime groups is 1. The topological polar surface area (TPSA) is 67.9 Å². The molecule has 1 aromatic heterocycles. The first kappa shape index (κ1) is 18.2. The predicted molar refractivity (Wildman–Crippen MR) is 109 cm³/mol. The summed E-state index contributed by atoms with van der Waals surface area (Å²) in [4.78, 5) is 22.7. The van der Waals surface area contributed by atoms with Crippen molar-refractivity contribution in [2.75, 3.05) is 18.0 Å². The molecule has 6 heteroatoms. The number of anilines is 1. The quantitative estimate of drug-likeness (QED) is 0.547. The van der Waals surface area contributed by atoms with Crippen molar-refractivity contribution in [1.82, 2.24) is 4.98 Å². The smallest absolute Gasteiger partial charge is 0.341 e. The summed E-state index contributed by atoms with van der Waals surface area (Å²) in [6, 6.07) is 16.7. The maximum Gasteiger partial charge on any atom is 0.341 e. The van der Waals surface area contributed by atoms with Gasteiger partial charge in [-0.1, -0.05) is 54.9 Å². The highest BCUT2D eigenvalue weighted by Crippen LogP contribution is 2.22. The zero-order valence-electron chi connectivity index (χ0n) is 15.9. The van der Waals surface area contributed by atoms with Crippen LogP contribution in [0.1, 0.15) is 37.3 Å². The van der Waals surface area contributed by atoms with E-state index in [1.807, 2.05) is 36.4 Å². The van der Waals surface area contributed by atoms with E-state index in [2.05, 4.69) is 38.9 Å². The molecule has 0 fully saturated rings. The highest BCUT2D eigenvalue weighted by molar-refractivity contribution is 6.11. The van der Waals surface area contributed by atoms with Crippen LogP contribution >= 0.6 is 0 Å². The Morgan fingerprint density at radius 3 is 2.61 bits per heavy atom. The molecule has 4 rings (SSSR count). The minimum atomic E-state index is -0.302. The van der Waals surface area contributed by atoms with Crippen molar-refractivity contribution in [1.29, 1.82) is 0 Å². The third-order valence-electron chi connectivity index (χ3n) is 4.86. The lowest BCUT2D eigenvalue weighted by Crippen LogP contribution is -2.27. The van der Waals surface area contributed by atoms with E-state index in [1.54, 1.807) is 0 Å². The van der Waals surface area contributed by atoms with Gasteiger partial charge in [-0.25, -0.2) is 4.79 Å². The number of rotatable bonds is 8. The number of fused-ring (bicyclic) bond motifs is 1. The first-order valence-corrected chi connectivity index (χ1v) is 9.69. The van der Waals surface area contributed by atoms with E-state index in [0.29, 0.717) is 11.7 Å². The van der Waals surface area contributed by atoms with Gasteiger partial charge in [0.05, 0.1) is 12.1 Å². The first-order chi connectivity index (χ1) is 13.7. The number of benzene rings is 2. The van der Waals surface area contributed by atoms with E-state index in [1.165, 1.54) is 5.56 Å². The second-order valence-electron chi connectivity index (χ2n) is 6.93. The van der Waals surface area contributed by atoms with Crippen molar-refractivity contribution < 1.29 is 14.0 Å². The maximum atomic E-state index is 11.2. The number of hydrogen-bond acceptors (Lipinski definition) is 6. The Morgan fingerprint density at radius 1 is 1.07 bits per heavy atom. The van der Waals surface area contributed by atoms with Crippen molar-refractivity contribution in [3.63, 3.8) is 0 Å². The number of oxazole rings is 1. The summed E-state index contributed by atoms with van der Waals surface area (Å²) < 4.78 is 5.97. The van der Waals surface area contributed by atoms with Crippen LogP contribution in [-0.4, -0.2) is 29.8 Å². The van der Waals surface area contributed by atoms with Crippen LogP contribution in [0.4, 0.5) is 6.01 Å². The zero-order valence-corrected chi connectivity index (χ0v) is 15.9. The van der Waals surface area contributed by atoms with Gasteiger partial charge in [0.25, 0.3) is 6.01 Å². The van der Waals surface area contributed by atoms with Crippen molar-refractivity contribution in [2.45, 2.75) is 32.6 Å². The van der Waals surface area contributed by atoms with Gasteiger partial charge in [0, 0.05) is 13.1 Å². The first-order valence-electron chi connectivity index (χ1n) is 9.69. The van der Waals surface area contributed by atoms with Crippen LogP contribution in [0.3, 0.4) is 0 Å². The normalized spacial score (nSPS) is 13.6. The SMILES string of the molecule is CCCCN(CCc1ccc(C2=NOC(=O)C2)cc1)c1nc2ccccc2o1. The lowest BCUT2D eigenvalue weighted by molar-refractivity contribution is -0.140. The Hall–Kier alpha value is -3.15. The highest BCUT2D eigenvalue weighted by atomic mass is 16.7. The van der Waals surface area contributed by atoms with Gasteiger partial charge in [-0.2, -0.15) is 4.98 Å². The number of nitrogens with zero attached hydrogens (tertiary/aromatic N) is 3. The Labute approximate surface area is 163 Å². The van der Waals surface area contributed by atoms with Crippen LogP contribution < -0.4 is 4.90 Å². The molecule has 3 aromatic rings. The molecule has 0 aliphatic carbocycles. The molecule has 0 saturated heterocycles. The van der Waals surface area contributed by atoms with Gasteiger partial charge in [-0.3, -0.25) is 0 Å². The van der Waals surface area contributed by atoms with E-state index in [0.717, 1.165) is 49.0 Å². The molecule has 144 valence electrons. The van der Waals surface area contributed by atoms with Gasteiger partial charge in [0.2, 0.25) is 0 Å². The largest absolute Gasteiger partial charge is 0.423 e. The molecule has 0 bridgehead atoms. The molecular weight excluding hydrogens is 354 g/mol. The number of carbonyl (C=O) groups excluding carboxylic acids is 1. The minimum Gasteiger partial charge on any atom is -0.423 e. The van der Waals surface area contributed by atoms with E-state index < -0.39 is 0 Å². The lowest BCUT2D eigenvalue weighted by Gasteiger charge is -2.20. The molecule has 2 aromatic carbocycles. The van der Waals surface area contributed by atoms with E-state index in [-0.39, 0.29) is 12.4 Å². The molecule has 2 heterocycles. The van der Waals surface area contributed by atoms with Gasteiger partial charge in [0.1, 0.15) is 5.52 Å². The number of aromatic nitrogens is 1. The van der Waals surface area contributed by atoms with Gasteiger partial charge in [-0.05, 0) is 36.1 Å². The van der Waals surface area contributed by atoms with Gasteiger partial charge in [-0.15, -0.1) is 0 Å². The molecule has 0 saturated carbocycles. The van der Waals surface area contributed by atoms with Crippen LogP contribution in [-0.2, 0) is 16.1 Å². The van der Waals surface area contributed by atoms with E-state index in [9.17, 15) is 4.79 Å². The van der Waals surface area contributed by atoms with Crippen molar-refractivity contribution in [3.05, 3.63) is 59.7 Å². The second-order valence-corrected chi connectivity index (χ2v) is 6.93. The Bertz CT molecular complexity index is 959. The number of hydrogen-bond donors (Lipinski definition) is 0. The van der Waals surface area contributed by atoms with Crippen LogP contribution in [0.25, 0.3) is 11.1 Å². The summed E-state index contributed by atoms with van der Waals surface area (Å²) in [5, 5.41) is 3.82. The third kappa shape index (κ3) is 4.06. The molecule has 0 spiro atoms. The molecule has 0 radical (unpaired) electrons. The van der Waals surface area contributed by atoms with Crippen molar-refractivity contribution >= 4 is 28.8 Å². The summed E-state index contributed by atoms with van der Waals surface area (Å²) in [7, 11) is 0. The van der Waals surface area contributed by atoms with Crippen LogP contribution in [0, 0.1) is 0 Å². The Kier molecular flexibility index (Phi) is 5.37. The van der Waals surface area contributed by atoms with Crippen molar-refractivity contribution in [3.8, 4) is 0 Å². The van der Waals surface area contributed by atoms with E-state index in [4.69, 9.17) is 4.42 Å². The van der Waals surface area contributed by atoms with Gasteiger partial charge >= 0.3 is 5.97 Å². The molecule has 0 unspecified atom stereocenters. The maximum absolute atomic E-state index is 11.2. The molecule has 6 nitrogen and oxygen atoms in total. The van der Waals surface area contributed by atoms with Crippen LogP contribution in [0.5, 0.6) is 0 Å². The highest BCUT2D eigenvalue weighted by Gasteiger charge is 2.19. The minimum absolute atomic E-state index is 0.238. The average Bonchev–Trinajstić information content (AvgIpc) is 3.34. The summed E-state index contributed by atoms with van der Waals surface area (Å²) >= 11 is 0. The summed E-state index contributed by atoms with van der Waals surface area (Å²) in [5.41, 5.74) is 4.53. The lowest BCUT2D eigenvalue weighted by atomic mass is 10.0. The number of carbonyl (C=O) groups is 1. The molecule has 1 aliphatic heterocycles. The molecule has 0 atom stereocenters. The molecule has 1 aliphatic rings. The van der Waals surface area contributed by atoms with Gasteiger partial charge in [0.15, 0.2) is 5.58 Å². The monoisotopic (exact) mass is 377 g/mol. The molecule has 0 N–H and O–H groups in total. The second kappa shape index (κ2) is 8.25. The molecular formula is C22H23N3O3. The molecule has 0 amide bonds. The Morgan fingerprint density at radius 2 is 1.89 bits per heavy atom. The van der Waals surface area contributed by atoms with E-state index >= 15 is 0 Å². The standard InChI is InChI=1S/C22H23N3O3/c1-2-3-13-25(22-23-18-6-4-5-7-20(18)27-22)14-12-16-8-10-17(11-9-16)19-15-21(26)28-24-19/h4-11H,2-3,12-15H2,1H3. The predicted octanol–water partition coefficient (Wildman–Crippen LogP) is 4.33. The fourth-order valence-corrected chi connectivity index (χ4v) is 3.24. The fraction of sp³-hybridized carbons (Fsp3) is 0.318. The summed E-state index contributed by atoms with van der Waals surface area (Å²) in [6.45, 7) is 3.93. The zero-order chi connectivity index (χ0) is 19.3. The fourth-order valence-electron chi connectivity index (χ4n) is 3.24. The van der Waals surface area contributed by atoms with Gasteiger partial charge < -0.3 is 14.2 Å². The third-order valence-corrected chi connectivity index (χ3v) is 4.86. The van der Waals surface area contributed by atoms with Crippen LogP contribution in [0.2, 0.25) is 0 Å². The van der Waals surface area contributed by atoms with Crippen molar-refractivity contribution in [2.24, 2.45) is 5.16 Å². The Balaban J connectivity index is 1.44. The average molecular weight is 377 g/mol. The number of unbranched alkanes of at least 4 members (excludes halogenated alkanes) is 1. The summed E-state index contributed by atoms with van der Waals surface area (Å²) in [6.07, 6.45) is 3.33. The number of para-hydroxylation sites is 2. The summed E-state index contributed by atoms with van der Waals surface area (Å²) in [5.74, 6) is -0.302.